The summed E-state index contributed by atoms with van der Waals surface area (Å²) in [5, 5.41) is 8.82. The first-order chi connectivity index (χ1) is 8.91. The van der Waals surface area contributed by atoms with Crippen LogP contribution in [0.1, 0.15) is 25.0 Å². The van der Waals surface area contributed by atoms with E-state index in [0.29, 0.717) is 0 Å². The first-order valence-electron chi connectivity index (χ1n) is 5.69. The highest BCUT2D eigenvalue weighted by atomic mass is 79.9. The molecule has 19 heavy (non-hydrogen) atoms. The van der Waals surface area contributed by atoms with Gasteiger partial charge in [0.05, 0.1) is 24.8 Å². The third kappa shape index (κ3) is 3.43. The topological polar surface area (TPSA) is 59.3 Å². The third-order valence-corrected chi connectivity index (χ3v) is 6.18. The highest BCUT2D eigenvalue weighted by Crippen LogP contribution is 2.69. The number of nitriles is 1. The van der Waals surface area contributed by atoms with Crippen LogP contribution in [0, 0.1) is 11.3 Å². The van der Waals surface area contributed by atoms with Gasteiger partial charge in [0.25, 0.3) is 4.32 Å². The van der Waals surface area contributed by atoms with Gasteiger partial charge in [-0.15, -0.1) is 0 Å². The Balaban J connectivity index is 3.26. The molecule has 0 saturated heterocycles. The van der Waals surface area contributed by atoms with E-state index in [0.717, 1.165) is 0 Å². The normalized spacial score (nSPS) is 14.7. The summed E-state index contributed by atoms with van der Waals surface area (Å²) in [5.41, 5.74) is 0.287. The summed E-state index contributed by atoms with van der Waals surface area (Å²) in [6, 6.07) is 7.65. The van der Waals surface area contributed by atoms with Crippen LogP contribution < -0.4 is 0 Å². The van der Waals surface area contributed by atoms with E-state index in [1.165, 1.54) is 24.3 Å². The van der Waals surface area contributed by atoms with Gasteiger partial charge < -0.3 is 9.05 Å². The minimum atomic E-state index is -4.03. The van der Waals surface area contributed by atoms with Crippen molar-refractivity contribution in [2.24, 2.45) is 0 Å². The Bertz CT molecular complexity index is 520. The molecule has 1 rings (SSSR count). The van der Waals surface area contributed by atoms with Crippen molar-refractivity contribution in [3.05, 3.63) is 35.4 Å². The lowest BCUT2D eigenvalue weighted by molar-refractivity contribution is 0.182. The van der Waals surface area contributed by atoms with Crippen molar-refractivity contribution in [1.82, 2.24) is 0 Å². The predicted molar refractivity (Wildman–Crippen MR) is 73.7 cm³/mol. The van der Waals surface area contributed by atoms with Crippen molar-refractivity contribution in [2.75, 3.05) is 13.2 Å². The SMILES string of the molecule is CCOP(=O)(OCC)C(F)(Br)c1cccc(C#N)c1. The van der Waals surface area contributed by atoms with Crippen LogP contribution in [0.25, 0.3) is 0 Å². The molecule has 0 spiro atoms. The standard InChI is InChI=1S/C12H14BrFNO3P/c1-3-17-19(16,18-4-2)12(13,14)11-7-5-6-10(8-11)9-15/h5-8H,3-4H2,1-2H3. The monoisotopic (exact) mass is 349 g/mol. The minimum Gasteiger partial charge on any atom is -0.306 e. The number of rotatable bonds is 6. The zero-order chi connectivity index (χ0) is 14.5. The van der Waals surface area contributed by atoms with E-state index in [2.05, 4.69) is 15.9 Å². The maximum Gasteiger partial charge on any atom is 0.383 e. The second-order valence-corrected chi connectivity index (χ2v) is 7.40. The number of halogens is 2. The Labute approximate surface area is 120 Å². The van der Waals surface area contributed by atoms with Crippen LogP contribution in [0.15, 0.2) is 24.3 Å². The van der Waals surface area contributed by atoms with Gasteiger partial charge in [-0.3, -0.25) is 4.57 Å². The molecule has 0 N–H and O–H groups in total. The summed E-state index contributed by atoms with van der Waals surface area (Å²) in [7, 11) is -4.03. The predicted octanol–water partition coefficient (Wildman–Crippen LogP) is 4.30. The van der Waals surface area contributed by atoms with Gasteiger partial charge in [-0.05, 0) is 41.9 Å². The van der Waals surface area contributed by atoms with Crippen LogP contribution in [0.4, 0.5) is 4.39 Å². The van der Waals surface area contributed by atoms with Crippen LogP contribution in [-0.2, 0) is 17.9 Å². The maximum absolute atomic E-state index is 14.9. The van der Waals surface area contributed by atoms with Crippen LogP contribution in [0.5, 0.6) is 0 Å². The fourth-order valence-electron chi connectivity index (χ4n) is 1.47. The summed E-state index contributed by atoms with van der Waals surface area (Å²) in [6.07, 6.45) is 0. The van der Waals surface area contributed by atoms with Crippen LogP contribution in [0.2, 0.25) is 0 Å². The van der Waals surface area contributed by atoms with Gasteiger partial charge in [-0.1, -0.05) is 12.1 Å². The molecular weight excluding hydrogens is 336 g/mol. The molecule has 0 aliphatic carbocycles. The lowest BCUT2D eigenvalue weighted by atomic mass is 10.1. The molecule has 0 aliphatic rings. The Morgan fingerprint density at radius 3 is 2.47 bits per heavy atom. The quantitative estimate of drug-likeness (QED) is 0.567. The number of alkyl halides is 2. The van der Waals surface area contributed by atoms with Crippen molar-refractivity contribution in [3.8, 4) is 6.07 Å². The molecule has 0 bridgehead atoms. The first kappa shape index (κ1) is 16.3. The molecule has 7 heteroatoms. The molecule has 0 amide bonds. The fourth-order valence-corrected chi connectivity index (χ4v) is 3.87. The van der Waals surface area contributed by atoms with Crippen LogP contribution in [0.3, 0.4) is 0 Å². The highest BCUT2D eigenvalue weighted by molar-refractivity contribution is 9.10. The van der Waals surface area contributed by atoms with E-state index in [4.69, 9.17) is 14.3 Å². The second kappa shape index (κ2) is 6.62. The lowest BCUT2D eigenvalue weighted by Crippen LogP contribution is -2.16. The van der Waals surface area contributed by atoms with E-state index in [9.17, 15) is 8.96 Å². The van der Waals surface area contributed by atoms with Crippen molar-refractivity contribution in [1.29, 1.82) is 5.26 Å². The molecule has 0 aromatic heterocycles. The van der Waals surface area contributed by atoms with E-state index in [1.807, 2.05) is 6.07 Å². The third-order valence-electron chi connectivity index (χ3n) is 2.28. The number of benzene rings is 1. The van der Waals surface area contributed by atoms with E-state index >= 15 is 0 Å². The molecule has 0 saturated carbocycles. The van der Waals surface area contributed by atoms with Gasteiger partial charge in [0.1, 0.15) is 0 Å². The summed E-state index contributed by atoms with van der Waals surface area (Å²) < 4.78 is 34.8. The van der Waals surface area contributed by atoms with Gasteiger partial charge in [-0.25, -0.2) is 4.39 Å². The van der Waals surface area contributed by atoms with Gasteiger partial charge >= 0.3 is 7.60 Å². The van der Waals surface area contributed by atoms with Crippen LogP contribution >= 0.6 is 23.5 Å². The summed E-state index contributed by atoms with van der Waals surface area (Å²) in [6.45, 7) is 3.29. The fraction of sp³-hybridized carbons (Fsp3) is 0.417. The van der Waals surface area contributed by atoms with Crippen molar-refractivity contribution >= 4 is 23.5 Å². The van der Waals surface area contributed by atoms with Crippen molar-refractivity contribution < 1.29 is 18.0 Å². The lowest BCUT2D eigenvalue weighted by Gasteiger charge is -2.27. The molecule has 4 nitrogen and oxygen atoms in total. The van der Waals surface area contributed by atoms with Gasteiger partial charge in [0, 0.05) is 5.56 Å². The van der Waals surface area contributed by atoms with Crippen molar-refractivity contribution in [2.45, 2.75) is 18.2 Å². The smallest absolute Gasteiger partial charge is 0.306 e. The Hall–Kier alpha value is -0.730. The average Bonchev–Trinajstić information content (AvgIpc) is 2.39. The van der Waals surface area contributed by atoms with Gasteiger partial charge in [-0.2, -0.15) is 5.26 Å². The summed E-state index contributed by atoms with van der Waals surface area (Å²) in [4.78, 5) is 0. The van der Waals surface area contributed by atoms with Crippen LogP contribution in [-0.4, -0.2) is 13.2 Å². The molecule has 1 aromatic carbocycles. The Kier molecular flexibility index (Phi) is 5.69. The average molecular weight is 350 g/mol. The molecule has 1 atom stereocenters. The molecule has 0 fully saturated rings. The van der Waals surface area contributed by atoms with E-state index in [1.54, 1.807) is 13.8 Å². The zero-order valence-electron chi connectivity index (χ0n) is 10.6. The van der Waals surface area contributed by atoms with Gasteiger partial charge in [0.2, 0.25) is 0 Å². The minimum absolute atomic E-state index is 0.0248. The molecule has 0 aliphatic heterocycles. The summed E-state index contributed by atoms with van der Waals surface area (Å²) >= 11 is 2.79. The largest absolute Gasteiger partial charge is 0.383 e. The number of hydrogen-bond donors (Lipinski definition) is 0. The Morgan fingerprint density at radius 2 is 2.00 bits per heavy atom. The van der Waals surface area contributed by atoms with E-state index in [-0.39, 0.29) is 24.3 Å². The zero-order valence-corrected chi connectivity index (χ0v) is 13.1. The molecule has 104 valence electrons. The number of hydrogen-bond acceptors (Lipinski definition) is 4. The molecule has 1 aromatic rings. The van der Waals surface area contributed by atoms with E-state index < -0.39 is 11.9 Å². The molecule has 0 radical (unpaired) electrons. The molecular formula is C12H14BrFNO3P. The second-order valence-electron chi connectivity index (χ2n) is 3.57. The van der Waals surface area contributed by atoms with Gasteiger partial charge in [0.15, 0.2) is 0 Å². The first-order valence-corrected chi connectivity index (χ1v) is 8.02. The molecule has 0 heterocycles. The summed E-state index contributed by atoms with van der Waals surface area (Å²) in [5.74, 6) is 0. The molecule has 1 unspecified atom stereocenters. The maximum atomic E-state index is 14.9. The van der Waals surface area contributed by atoms with Crippen molar-refractivity contribution in [3.63, 3.8) is 0 Å². The highest BCUT2D eigenvalue weighted by Gasteiger charge is 2.51. The Morgan fingerprint density at radius 1 is 1.42 bits per heavy atom. The number of nitrogens with zero attached hydrogens (tertiary/aromatic N) is 1.